The molecule has 0 spiro atoms. The number of methoxy groups -OCH3 is 1. The van der Waals surface area contributed by atoms with Gasteiger partial charge >= 0.3 is 12.0 Å². The number of likely N-dealkylation sites (N-methyl/N-ethyl adjacent to an activating group) is 1. The molecular weight excluding hydrogens is 252 g/mol. The molecule has 0 rings (SSSR count). The number of hydrogen-bond donors (Lipinski definition) is 3. The van der Waals surface area contributed by atoms with Crippen molar-refractivity contribution in [2.45, 2.75) is 31.8 Å². The highest BCUT2D eigenvalue weighted by Crippen LogP contribution is 1.99. The first-order chi connectivity index (χ1) is 8.97. The maximum atomic E-state index is 11.6. The number of nitrogens with one attached hydrogen (secondary N) is 1. The zero-order valence-electron chi connectivity index (χ0n) is 11.6. The van der Waals surface area contributed by atoms with Crippen LogP contribution >= 0.6 is 0 Å². The summed E-state index contributed by atoms with van der Waals surface area (Å²) in [5, 5.41) is 20.6. The molecule has 0 heterocycles. The number of carboxylic acid groups (broad SMARTS) is 1. The molecule has 0 aliphatic rings. The molecule has 7 heteroatoms. The monoisotopic (exact) mass is 276 g/mol. The average molecular weight is 276 g/mol. The number of unbranched alkanes of at least 4 members (excludes halogenated alkanes) is 2. The van der Waals surface area contributed by atoms with Crippen molar-refractivity contribution in [2.24, 2.45) is 0 Å². The summed E-state index contributed by atoms with van der Waals surface area (Å²) in [6.07, 6.45) is 1.59. The Morgan fingerprint density at radius 1 is 1.32 bits per heavy atom. The van der Waals surface area contributed by atoms with E-state index in [1.54, 1.807) is 7.05 Å². The lowest BCUT2D eigenvalue weighted by atomic mass is 10.2. The minimum atomic E-state index is -0.795. The van der Waals surface area contributed by atoms with Crippen LogP contribution in [-0.2, 0) is 9.53 Å². The number of urea groups is 1. The molecule has 0 fully saturated rings. The predicted molar refractivity (Wildman–Crippen MR) is 70.0 cm³/mol. The smallest absolute Gasteiger partial charge is 0.317 e. The standard InChI is InChI=1S/C12H24N2O5/c1-14(8-10(15)9-19-2)12(18)13-7-5-3-4-6-11(16)17/h10,15H,3-9H2,1-2H3,(H,13,18)(H,16,17). The zero-order valence-corrected chi connectivity index (χ0v) is 11.6. The topological polar surface area (TPSA) is 99.1 Å². The van der Waals surface area contributed by atoms with Gasteiger partial charge in [0, 0.05) is 27.1 Å². The van der Waals surface area contributed by atoms with Crippen LogP contribution in [0.25, 0.3) is 0 Å². The lowest BCUT2D eigenvalue weighted by molar-refractivity contribution is -0.137. The van der Waals surface area contributed by atoms with Crippen LogP contribution in [0.1, 0.15) is 25.7 Å². The van der Waals surface area contributed by atoms with Gasteiger partial charge in [0.2, 0.25) is 0 Å². The fraction of sp³-hybridized carbons (Fsp3) is 0.833. The molecule has 0 radical (unpaired) electrons. The van der Waals surface area contributed by atoms with E-state index >= 15 is 0 Å². The normalized spacial score (nSPS) is 11.9. The summed E-state index contributed by atoms with van der Waals surface area (Å²) in [6, 6.07) is -0.256. The number of aliphatic hydroxyl groups excluding tert-OH is 1. The van der Waals surface area contributed by atoms with Crippen LogP contribution in [0, 0.1) is 0 Å². The van der Waals surface area contributed by atoms with E-state index in [-0.39, 0.29) is 25.6 Å². The molecule has 0 aromatic heterocycles. The third-order valence-corrected chi connectivity index (χ3v) is 2.53. The van der Waals surface area contributed by atoms with Gasteiger partial charge in [-0.3, -0.25) is 4.79 Å². The fourth-order valence-electron chi connectivity index (χ4n) is 1.55. The summed E-state index contributed by atoms with van der Waals surface area (Å²) in [7, 11) is 3.08. The summed E-state index contributed by atoms with van der Waals surface area (Å²) in [5.41, 5.74) is 0. The van der Waals surface area contributed by atoms with E-state index < -0.39 is 12.1 Å². The molecule has 112 valence electrons. The second kappa shape index (κ2) is 10.6. The molecular formula is C12H24N2O5. The first-order valence-electron chi connectivity index (χ1n) is 6.35. The summed E-state index contributed by atoms with van der Waals surface area (Å²) in [4.78, 5) is 23.3. The summed E-state index contributed by atoms with van der Waals surface area (Å²) >= 11 is 0. The Labute approximate surface area is 113 Å². The SMILES string of the molecule is COCC(O)CN(C)C(=O)NCCCCCC(=O)O. The maximum Gasteiger partial charge on any atom is 0.317 e. The van der Waals surface area contributed by atoms with Gasteiger partial charge < -0.3 is 25.2 Å². The van der Waals surface area contributed by atoms with Gasteiger partial charge in [-0.15, -0.1) is 0 Å². The van der Waals surface area contributed by atoms with Crippen molar-refractivity contribution in [3.05, 3.63) is 0 Å². The number of rotatable bonds is 10. The van der Waals surface area contributed by atoms with Crippen LogP contribution in [0.4, 0.5) is 4.79 Å². The number of carbonyl (C=O) groups excluding carboxylic acids is 1. The lowest BCUT2D eigenvalue weighted by Gasteiger charge is -2.20. The van der Waals surface area contributed by atoms with Gasteiger partial charge in [0.1, 0.15) is 0 Å². The van der Waals surface area contributed by atoms with Crippen LogP contribution in [0.15, 0.2) is 0 Å². The van der Waals surface area contributed by atoms with E-state index in [1.165, 1.54) is 12.0 Å². The van der Waals surface area contributed by atoms with Crippen molar-refractivity contribution in [2.75, 3.05) is 33.9 Å². The quantitative estimate of drug-likeness (QED) is 0.498. The van der Waals surface area contributed by atoms with Crippen LogP contribution in [0.5, 0.6) is 0 Å². The van der Waals surface area contributed by atoms with Gasteiger partial charge in [-0.1, -0.05) is 6.42 Å². The molecule has 0 aliphatic heterocycles. The number of nitrogens with zero attached hydrogens (tertiary/aromatic N) is 1. The number of hydrogen-bond acceptors (Lipinski definition) is 4. The second-order valence-electron chi connectivity index (χ2n) is 4.43. The number of aliphatic hydroxyl groups is 1. The van der Waals surface area contributed by atoms with Crippen LogP contribution in [-0.4, -0.2) is 67.1 Å². The largest absolute Gasteiger partial charge is 0.481 e. The van der Waals surface area contributed by atoms with Gasteiger partial charge in [-0.25, -0.2) is 4.79 Å². The van der Waals surface area contributed by atoms with Crippen molar-refractivity contribution in [3.8, 4) is 0 Å². The van der Waals surface area contributed by atoms with E-state index in [9.17, 15) is 14.7 Å². The Bertz CT molecular complexity index is 273. The lowest BCUT2D eigenvalue weighted by Crippen LogP contribution is -2.42. The molecule has 1 unspecified atom stereocenters. The second-order valence-corrected chi connectivity index (χ2v) is 4.43. The van der Waals surface area contributed by atoms with Crippen molar-refractivity contribution >= 4 is 12.0 Å². The van der Waals surface area contributed by atoms with Crippen molar-refractivity contribution in [3.63, 3.8) is 0 Å². The molecule has 0 saturated heterocycles. The third-order valence-electron chi connectivity index (χ3n) is 2.53. The van der Waals surface area contributed by atoms with Gasteiger partial charge in [0.15, 0.2) is 0 Å². The van der Waals surface area contributed by atoms with E-state index in [1.807, 2.05) is 0 Å². The zero-order chi connectivity index (χ0) is 14.7. The molecule has 0 aromatic rings. The molecule has 0 aliphatic carbocycles. The van der Waals surface area contributed by atoms with E-state index in [0.717, 1.165) is 12.8 Å². The molecule has 3 N–H and O–H groups in total. The Balaban J connectivity index is 3.59. The van der Waals surface area contributed by atoms with Gasteiger partial charge in [-0.2, -0.15) is 0 Å². The van der Waals surface area contributed by atoms with Crippen LogP contribution in [0.2, 0.25) is 0 Å². The van der Waals surface area contributed by atoms with Crippen molar-refractivity contribution in [1.29, 1.82) is 0 Å². The predicted octanol–water partition coefficient (Wildman–Crippen LogP) is 0.280. The van der Waals surface area contributed by atoms with Crippen molar-refractivity contribution in [1.82, 2.24) is 10.2 Å². The molecule has 0 bridgehead atoms. The van der Waals surface area contributed by atoms with Gasteiger partial charge in [0.05, 0.1) is 19.3 Å². The average Bonchev–Trinajstić information content (AvgIpc) is 2.33. The highest BCUT2D eigenvalue weighted by molar-refractivity contribution is 5.73. The molecule has 7 nitrogen and oxygen atoms in total. The molecule has 19 heavy (non-hydrogen) atoms. The third kappa shape index (κ3) is 10.3. The van der Waals surface area contributed by atoms with Crippen LogP contribution in [0.3, 0.4) is 0 Å². The Kier molecular flexibility index (Phi) is 9.82. The Hall–Kier alpha value is -1.34. The molecule has 0 saturated carbocycles. The Morgan fingerprint density at radius 3 is 2.58 bits per heavy atom. The Morgan fingerprint density at radius 2 is 2.00 bits per heavy atom. The van der Waals surface area contributed by atoms with E-state index in [4.69, 9.17) is 9.84 Å². The van der Waals surface area contributed by atoms with Gasteiger partial charge in [0.25, 0.3) is 0 Å². The van der Waals surface area contributed by atoms with E-state index in [2.05, 4.69) is 5.32 Å². The number of carbonyl (C=O) groups is 2. The number of amides is 2. The van der Waals surface area contributed by atoms with Gasteiger partial charge in [-0.05, 0) is 12.8 Å². The first-order valence-corrected chi connectivity index (χ1v) is 6.35. The summed E-state index contributed by atoms with van der Waals surface area (Å²) in [6.45, 7) is 0.897. The maximum absolute atomic E-state index is 11.6. The number of ether oxygens (including phenoxy) is 1. The highest BCUT2D eigenvalue weighted by atomic mass is 16.5. The number of carboxylic acids is 1. The van der Waals surface area contributed by atoms with E-state index in [0.29, 0.717) is 13.0 Å². The minimum Gasteiger partial charge on any atom is -0.481 e. The molecule has 2 amide bonds. The van der Waals surface area contributed by atoms with Crippen LogP contribution < -0.4 is 5.32 Å². The highest BCUT2D eigenvalue weighted by Gasteiger charge is 2.12. The molecule has 0 aromatic carbocycles. The summed E-state index contributed by atoms with van der Waals surface area (Å²) in [5.74, 6) is -0.795. The summed E-state index contributed by atoms with van der Waals surface area (Å²) < 4.78 is 4.77. The molecule has 1 atom stereocenters. The fourth-order valence-corrected chi connectivity index (χ4v) is 1.55. The minimum absolute atomic E-state index is 0.164. The first kappa shape index (κ1) is 17.7. The van der Waals surface area contributed by atoms with Crippen molar-refractivity contribution < 1.29 is 24.5 Å². The number of aliphatic carboxylic acids is 1.